The van der Waals surface area contributed by atoms with Crippen molar-refractivity contribution in [1.82, 2.24) is 10.3 Å². The second-order valence-corrected chi connectivity index (χ2v) is 4.47. The lowest BCUT2D eigenvalue weighted by atomic mass is 10.1. The third-order valence-corrected chi connectivity index (χ3v) is 2.90. The molecule has 5 heteroatoms. The largest absolute Gasteiger partial charge is 0.489 e. The highest BCUT2D eigenvalue weighted by Gasteiger charge is 2.07. The summed E-state index contributed by atoms with van der Waals surface area (Å²) < 4.78 is 10.6. The van der Waals surface area contributed by atoms with Gasteiger partial charge in [0.25, 0.3) is 0 Å². The van der Waals surface area contributed by atoms with Crippen molar-refractivity contribution in [3.63, 3.8) is 0 Å². The predicted molar refractivity (Wildman–Crippen MR) is 77.1 cm³/mol. The van der Waals surface area contributed by atoms with E-state index in [1.807, 2.05) is 38.1 Å². The van der Waals surface area contributed by atoms with E-state index in [-0.39, 0.29) is 6.61 Å². The standard InChI is InChI=1S/C15H18N2O3/c1-10-9-11(2)17-12-5-4-6-13(14(10)12)19-7-8-20-15(18)16-3/h4-6,9H,7-8H2,1-3H3,(H,16,18). The smallest absolute Gasteiger partial charge is 0.406 e. The van der Waals surface area contributed by atoms with Crippen LogP contribution in [-0.2, 0) is 4.74 Å². The van der Waals surface area contributed by atoms with Crippen molar-refractivity contribution in [2.24, 2.45) is 0 Å². The molecule has 0 aliphatic rings. The van der Waals surface area contributed by atoms with E-state index in [0.29, 0.717) is 6.61 Å². The van der Waals surface area contributed by atoms with Crippen molar-refractivity contribution in [1.29, 1.82) is 0 Å². The molecule has 2 aromatic rings. The van der Waals surface area contributed by atoms with Crippen molar-refractivity contribution < 1.29 is 14.3 Å². The number of carbonyl (C=O) groups is 1. The zero-order chi connectivity index (χ0) is 14.5. The first-order chi connectivity index (χ1) is 9.61. The average molecular weight is 274 g/mol. The summed E-state index contributed by atoms with van der Waals surface area (Å²) >= 11 is 0. The van der Waals surface area contributed by atoms with Crippen LogP contribution in [0.15, 0.2) is 24.3 Å². The molecule has 0 bridgehead atoms. The molecule has 2 rings (SSSR count). The van der Waals surface area contributed by atoms with Crippen LogP contribution in [0.4, 0.5) is 4.79 Å². The van der Waals surface area contributed by atoms with E-state index >= 15 is 0 Å². The van der Waals surface area contributed by atoms with Gasteiger partial charge in [-0.15, -0.1) is 0 Å². The van der Waals surface area contributed by atoms with E-state index < -0.39 is 6.09 Å². The molecule has 5 nitrogen and oxygen atoms in total. The number of hydrogen-bond donors (Lipinski definition) is 1. The molecule has 0 atom stereocenters. The van der Waals surface area contributed by atoms with E-state index in [4.69, 9.17) is 9.47 Å². The normalized spacial score (nSPS) is 10.3. The first-order valence-corrected chi connectivity index (χ1v) is 6.46. The van der Waals surface area contributed by atoms with Crippen LogP contribution in [0.25, 0.3) is 10.9 Å². The lowest BCUT2D eigenvalue weighted by molar-refractivity contribution is 0.127. The Kier molecular flexibility index (Phi) is 4.40. The van der Waals surface area contributed by atoms with E-state index in [1.165, 1.54) is 7.05 Å². The number of nitrogens with zero attached hydrogens (tertiary/aromatic N) is 1. The number of rotatable bonds is 4. The third-order valence-electron chi connectivity index (χ3n) is 2.90. The molecule has 0 aliphatic heterocycles. The molecular formula is C15H18N2O3. The molecule has 1 aromatic heterocycles. The fraction of sp³-hybridized carbons (Fsp3) is 0.333. The molecule has 106 valence electrons. The fourth-order valence-electron chi connectivity index (χ4n) is 2.10. The maximum atomic E-state index is 10.9. The summed E-state index contributed by atoms with van der Waals surface area (Å²) in [4.78, 5) is 15.4. The number of fused-ring (bicyclic) bond motifs is 1. The average Bonchev–Trinajstić information content (AvgIpc) is 2.42. The Balaban J connectivity index is 2.12. The maximum absolute atomic E-state index is 10.9. The van der Waals surface area contributed by atoms with Gasteiger partial charge >= 0.3 is 6.09 Å². The molecule has 20 heavy (non-hydrogen) atoms. The Morgan fingerprint density at radius 1 is 1.30 bits per heavy atom. The van der Waals surface area contributed by atoms with Crippen LogP contribution in [0.5, 0.6) is 5.75 Å². The van der Waals surface area contributed by atoms with E-state index in [0.717, 1.165) is 27.9 Å². The van der Waals surface area contributed by atoms with Crippen molar-refractivity contribution >= 4 is 17.0 Å². The molecule has 0 saturated heterocycles. The number of amides is 1. The van der Waals surface area contributed by atoms with Crippen molar-refractivity contribution in [2.45, 2.75) is 13.8 Å². The van der Waals surface area contributed by atoms with Gasteiger partial charge in [-0.1, -0.05) is 6.07 Å². The minimum absolute atomic E-state index is 0.203. The van der Waals surface area contributed by atoms with E-state index in [1.54, 1.807) is 0 Å². The van der Waals surface area contributed by atoms with Gasteiger partial charge in [-0.25, -0.2) is 4.79 Å². The summed E-state index contributed by atoms with van der Waals surface area (Å²) in [5, 5.41) is 3.38. The van der Waals surface area contributed by atoms with Crippen LogP contribution < -0.4 is 10.1 Å². The maximum Gasteiger partial charge on any atom is 0.406 e. The summed E-state index contributed by atoms with van der Waals surface area (Å²) in [6, 6.07) is 7.79. The van der Waals surface area contributed by atoms with Gasteiger partial charge in [-0.05, 0) is 37.6 Å². The lowest BCUT2D eigenvalue weighted by Crippen LogP contribution is -2.21. The number of aryl methyl sites for hydroxylation is 2. The Bertz CT molecular complexity index is 626. The highest BCUT2D eigenvalue weighted by Crippen LogP contribution is 2.27. The Labute approximate surface area is 117 Å². The number of alkyl carbamates (subject to hydrolysis) is 1. The number of carbonyl (C=O) groups excluding carboxylic acids is 1. The second-order valence-electron chi connectivity index (χ2n) is 4.47. The van der Waals surface area contributed by atoms with Gasteiger partial charge in [0.15, 0.2) is 0 Å². The Morgan fingerprint density at radius 3 is 2.85 bits per heavy atom. The summed E-state index contributed by atoms with van der Waals surface area (Å²) in [5.74, 6) is 0.757. The minimum Gasteiger partial charge on any atom is -0.489 e. The van der Waals surface area contributed by atoms with Crippen LogP contribution >= 0.6 is 0 Å². The molecule has 0 radical (unpaired) electrons. The van der Waals surface area contributed by atoms with Gasteiger partial charge in [0, 0.05) is 18.1 Å². The number of pyridine rings is 1. The summed E-state index contributed by atoms with van der Waals surface area (Å²) in [5.41, 5.74) is 3.01. The molecule has 1 amide bonds. The van der Waals surface area contributed by atoms with Crippen molar-refractivity contribution in [3.8, 4) is 5.75 Å². The van der Waals surface area contributed by atoms with Crippen LogP contribution in [-0.4, -0.2) is 31.3 Å². The van der Waals surface area contributed by atoms with Crippen LogP contribution in [0.3, 0.4) is 0 Å². The molecule has 0 aliphatic carbocycles. The zero-order valence-corrected chi connectivity index (χ0v) is 11.9. The molecule has 1 N–H and O–H groups in total. The Hall–Kier alpha value is -2.30. The second kappa shape index (κ2) is 6.23. The van der Waals surface area contributed by atoms with Gasteiger partial charge in [0.2, 0.25) is 0 Å². The number of benzene rings is 1. The molecule has 0 spiro atoms. The monoisotopic (exact) mass is 274 g/mol. The molecule has 0 saturated carbocycles. The van der Waals surface area contributed by atoms with Gasteiger partial charge in [-0.3, -0.25) is 4.98 Å². The molecule has 0 fully saturated rings. The minimum atomic E-state index is -0.458. The van der Waals surface area contributed by atoms with Crippen LogP contribution in [0.2, 0.25) is 0 Å². The first kappa shape index (κ1) is 14.1. The van der Waals surface area contributed by atoms with Crippen LogP contribution in [0, 0.1) is 13.8 Å². The molecular weight excluding hydrogens is 256 g/mol. The summed E-state index contributed by atoms with van der Waals surface area (Å²) in [6.45, 7) is 4.51. The van der Waals surface area contributed by atoms with Gasteiger partial charge in [0.05, 0.1) is 5.52 Å². The number of nitrogens with one attached hydrogen (secondary N) is 1. The topological polar surface area (TPSA) is 60.5 Å². The highest BCUT2D eigenvalue weighted by atomic mass is 16.6. The van der Waals surface area contributed by atoms with E-state index in [9.17, 15) is 4.79 Å². The molecule has 1 aromatic carbocycles. The summed E-state index contributed by atoms with van der Waals surface area (Å²) in [7, 11) is 1.52. The highest BCUT2D eigenvalue weighted by molar-refractivity contribution is 5.88. The Morgan fingerprint density at radius 2 is 2.10 bits per heavy atom. The third kappa shape index (κ3) is 3.17. The predicted octanol–water partition coefficient (Wildman–Crippen LogP) is 2.59. The molecule has 1 heterocycles. The number of ether oxygens (including phenoxy) is 2. The van der Waals surface area contributed by atoms with Gasteiger partial charge in [-0.2, -0.15) is 0 Å². The number of aromatic nitrogens is 1. The van der Waals surface area contributed by atoms with Gasteiger partial charge in [0.1, 0.15) is 19.0 Å². The number of hydrogen-bond acceptors (Lipinski definition) is 4. The van der Waals surface area contributed by atoms with E-state index in [2.05, 4.69) is 10.3 Å². The summed E-state index contributed by atoms with van der Waals surface area (Å²) in [6.07, 6.45) is -0.458. The van der Waals surface area contributed by atoms with Crippen molar-refractivity contribution in [3.05, 3.63) is 35.5 Å². The quantitative estimate of drug-likeness (QED) is 0.870. The van der Waals surface area contributed by atoms with Crippen LogP contribution in [0.1, 0.15) is 11.3 Å². The fourth-order valence-corrected chi connectivity index (χ4v) is 2.10. The zero-order valence-electron chi connectivity index (χ0n) is 11.9. The lowest BCUT2D eigenvalue weighted by Gasteiger charge is -2.11. The van der Waals surface area contributed by atoms with Crippen molar-refractivity contribution in [2.75, 3.05) is 20.3 Å². The molecule has 0 unspecified atom stereocenters. The SMILES string of the molecule is CNC(=O)OCCOc1cccc2nc(C)cc(C)c12. The first-order valence-electron chi connectivity index (χ1n) is 6.46. The van der Waals surface area contributed by atoms with Gasteiger partial charge < -0.3 is 14.8 Å².